The third-order valence-electron chi connectivity index (χ3n) is 9.84. The summed E-state index contributed by atoms with van der Waals surface area (Å²) in [6, 6.07) is 0. The highest BCUT2D eigenvalue weighted by atomic mass is 14.7. The van der Waals surface area contributed by atoms with Gasteiger partial charge in [0.2, 0.25) is 0 Å². The first-order valence-corrected chi connectivity index (χ1v) is 13.2. The number of fused-ring (bicyclic) bond motifs is 5. The Hall–Kier alpha value is -0.300. The van der Waals surface area contributed by atoms with Crippen LogP contribution < -0.4 is 5.73 Å². The lowest BCUT2D eigenvalue weighted by Crippen LogP contribution is -2.49. The van der Waals surface area contributed by atoms with Gasteiger partial charge in [-0.25, -0.2) is 0 Å². The van der Waals surface area contributed by atoms with Crippen LogP contribution in [0, 0.1) is 34.5 Å². The highest BCUT2D eigenvalue weighted by Gasteiger charge is 2.57. The first-order valence-electron chi connectivity index (χ1n) is 13.2. The molecule has 29 heavy (non-hydrogen) atoms. The fourth-order valence-corrected chi connectivity index (χ4v) is 8.25. The molecule has 0 amide bonds. The van der Waals surface area contributed by atoms with E-state index in [0.29, 0.717) is 10.8 Å². The van der Waals surface area contributed by atoms with Crippen molar-refractivity contribution in [2.75, 3.05) is 0 Å². The number of allylic oxidation sites excluding steroid dienone is 2. The van der Waals surface area contributed by atoms with E-state index >= 15 is 0 Å². The molecule has 3 fully saturated rings. The Balaban J connectivity index is 0.00000117. The zero-order valence-corrected chi connectivity index (χ0v) is 20.7. The molecule has 0 heterocycles. The fraction of sp³-hybridized carbons (Fsp3) is 0.929. The Morgan fingerprint density at radius 2 is 1.76 bits per heavy atom. The Morgan fingerprint density at radius 3 is 2.48 bits per heavy atom. The van der Waals surface area contributed by atoms with Crippen LogP contribution in [0.4, 0.5) is 0 Å². The molecule has 1 heteroatoms. The Bertz CT molecular complexity index is 569. The third kappa shape index (κ3) is 4.51. The standard InChI is InChI=1S/C26H45N.C2H6/c1-24(2,27)16-7-5-9-20-12-14-22-21-13-11-19-10-6-8-17-25(19,3)23(21)15-18-26(20,22)4;1-2/h11,20-23H,5-10,12-18,27H2,1-4H3;1-2H3/t20?,21-,22-,23?,25-,26+;/m0./s1. The molecule has 0 aliphatic heterocycles. The minimum atomic E-state index is 0.0156. The topological polar surface area (TPSA) is 26.0 Å². The molecule has 0 aromatic rings. The number of hydrogen-bond donors (Lipinski definition) is 1. The third-order valence-corrected chi connectivity index (χ3v) is 9.84. The maximum absolute atomic E-state index is 6.20. The molecule has 0 radical (unpaired) electrons. The monoisotopic (exact) mass is 401 g/mol. The number of hydrogen-bond acceptors (Lipinski definition) is 1. The predicted octanol–water partition coefficient (Wildman–Crippen LogP) is 8.28. The van der Waals surface area contributed by atoms with Gasteiger partial charge in [-0.05, 0) is 113 Å². The maximum atomic E-state index is 6.20. The van der Waals surface area contributed by atoms with Gasteiger partial charge < -0.3 is 5.73 Å². The zero-order chi connectivity index (χ0) is 21.3. The first-order chi connectivity index (χ1) is 13.7. The van der Waals surface area contributed by atoms with Crippen molar-refractivity contribution in [3.05, 3.63) is 11.6 Å². The molecule has 4 aliphatic carbocycles. The van der Waals surface area contributed by atoms with E-state index in [1.165, 1.54) is 83.5 Å². The first kappa shape index (κ1) is 23.4. The van der Waals surface area contributed by atoms with Crippen molar-refractivity contribution >= 4 is 0 Å². The van der Waals surface area contributed by atoms with Crippen LogP contribution in [0.5, 0.6) is 0 Å². The Morgan fingerprint density at radius 1 is 1.00 bits per heavy atom. The zero-order valence-electron chi connectivity index (χ0n) is 20.7. The van der Waals surface area contributed by atoms with Crippen LogP contribution in [0.2, 0.25) is 0 Å². The normalized spacial score (nSPS) is 41.4. The molecule has 1 nitrogen and oxygen atoms in total. The van der Waals surface area contributed by atoms with Gasteiger partial charge in [0.25, 0.3) is 0 Å². The number of rotatable bonds is 5. The minimum Gasteiger partial charge on any atom is -0.326 e. The van der Waals surface area contributed by atoms with E-state index in [0.717, 1.165) is 23.7 Å². The molecule has 168 valence electrons. The van der Waals surface area contributed by atoms with Crippen molar-refractivity contribution in [1.29, 1.82) is 0 Å². The summed E-state index contributed by atoms with van der Waals surface area (Å²) in [7, 11) is 0. The SMILES string of the molecule is CC.CC(C)(N)CCCCC1CC[C@H]2[C@@H]3CC=C4CCCC[C@]4(C)C3CC[C@]12C. The molecule has 0 aromatic carbocycles. The van der Waals surface area contributed by atoms with Gasteiger partial charge in [0.05, 0.1) is 0 Å². The highest BCUT2D eigenvalue weighted by molar-refractivity contribution is 5.24. The van der Waals surface area contributed by atoms with Crippen molar-refractivity contribution in [2.45, 2.75) is 131 Å². The fourth-order valence-electron chi connectivity index (χ4n) is 8.25. The smallest absolute Gasteiger partial charge is 0.00970 e. The lowest BCUT2D eigenvalue weighted by atomic mass is 9.47. The molecule has 2 unspecified atom stereocenters. The van der Waals surface area contributed by atoms with E-state index in [9.17, 15) is 0 Å². The lowest BCUT2D eigenvalue weighted by molar-refractivity contribution is -0.0425. The molecule has 6 atom stereocenters. The van der Waals surface area contributed by atoms with E-state index in [2.05, 4.69) is 33.8 Å². The summed E-state index contributed by atoms with van der Waals surface area (Å²) in [5.74, 6) is 3.97. The summed E-state index contributed by atoms with van der Waals surface area (Å²) in [6.45, 7) is 13.7. The van der Waals surface area contributed by atoms with Crippen molar-refractivity contribution < 1.29 is 0 Å². The maximum Gasteiger partial charge on any atom is 0.00970 e. The van der Waals surface area contributed by atoms with Gasteiger partial charge in [0.15, 0.2) is 0 Å². The van der Waals surface area contributed by atoms with Gasteiger partial charge in [-0.1, -0.05) is 58.6 Å². The van der Waals surface area contributed by atoms with Crippen molar-refractivity contribution in [1.82, 2.24) is 0 Å². The van der Waals surface area contributed by atoms with E-state index in [1.807, 2.05) is 19.4 Å². The second kappa shape index (κ2) is 9.05. The Kier molecular flexibility index (Phi) is 7.30. The van der Waals surface area contributed by atoms with Crippen LogP contribution in [0.25, 0.3) is 0 Å². The molecular weight excluding hydrogens is 350 g/mol. The number of unbranched alkanes of at least 4 members (excludes halogenated alkanes) is 1. The average Bonchev–Trinajstić information content (AvgIpc) is 3.02. The van der Waals surface area contributed by atoms with Crippen LogP contribution in [0.3, 0.4) is 0 Å². The van der Waals surface area contributed by atoms with E-state index < -0.39 is 0 Å². The number of nitrogens with two attached hydrogens (primary N) is 1. The molecule has 2 N–H and O–H groups in total. The summed E-state index contributed by atoms with van der Waals surface area (Å²) < 4.78 is 0. The van der Waals surface area contributed by atoms with Crippen LogP contribution in [-0.4, -0.2) is 5.54 Å². The van der Waals surface area contributed by atoms with Crippen LogP contribution >= 0.6 is 0 Å². The lowest BCUT2D eigenvalue weighted by Gasteiger charge is -2.57. The van der Waals surface area contributed by atoms with Gasteiger partial charge in [0, 0.05) is 5.54 Å². The predicted molar refractivity (Wildman–Crippen MR) is 128 cm³/mol. The molecule has 3 saturated carbocycles. The van der Waals surface area contributed by atoms with E-state index in [1.54, 1.807) is 0 Å². The molecule has 0 aromatic heterocycles. The average molecular weight is 402 g/mol. The second-order valence-electron chi connectivity index (χ2n) is 12.0. The highest BCUT2D eigenvalue weighted by Crippen LogP contribution is 2.66. The summed E-state index contributed by atoms with van der Waals surface area (Å²) in [5.41, 5.74) is 9.27. The van der Waals surface area contributed by atoms with E-state index in [4.69, 9.17) is 5.73 Å². The molecule has 0 spiro atoms. The van der Waals surface area contributed by atoms with Gasteiger partial charge in [-0.3, -0.25) is 0 Å². The van der Waals surface area contributed by atoms with Crippen molar-refractivity contribution in [3.63, 3.8) is 0 Å². The van der Waals surface area contributed by atoms with Gasteiger partial charge in [0.1, 0.15) is 0 Å². The van der Waals surface area contributed by atoms with E-state index in [-0.39, 0.29) is 5.54 Å². The summed E-state index contributed by atoms with van der Waals surface area (Å²) in [4.78, 5) is 0. The van der Waals surface area contributed by atoms with Gasteiger partial charge in [-0.15, -0.1) is 0 Å². The van der Waals surface area contributed by atoms with Crippen LogP contribution in [-0.2, 0) is 0 Å². The second-order valence-corrected chi connectivity index (χ2v) is 12.0. The molecular formula is C28H51N. The molecule has 4 aliphatic rings. The Labute approximate surface area is 182 Å². The molecule has 0 bridgehead atoms. The molecule has 4 rings (SSSR count). The summed E-state index contributed by atoms with van der Waals surface area (Å²) in [5, 5.41) is 0. The molecule has 0 saturated heterocycles. The van der Waals surface area contributed by atoms with Crippen molar-refractivity contribution in [2.24, 2.45) is 40.2 Å². The summed E-state index contributed by atoms with van der Waals surface area (Å²) >= 11 is 0. The van der Waals surface area contributed by atoms with Crippen LogP contribution in [0.1, 0.15) is 125 Å². The van der Waals surface area contributed by atoms with Crippen molar-refractivity contribution in [3.8, 4) is 0 Å². The van der Waals surface area contributed by atoms with Gasteiger partial charge >= 0.3 is 0 Å². The quantitative estimate of drug-likeness (QED) is 0.364. The summed E-state index contributed by atoms with van der Waals surface area (Å²) in [6.07, 6.45) is 21.3. The minimum absolute atomic E-state index is 0.0156. The van der Waals surface area contributed by atoms with Crippen LogP contribution in [0.15, 0.2) is 11.6 Å². The van der Waals surface area contributed by atoms with Gasteiger partial charge in [-0.2, -0.15) is 0 Å². The largest absolute Gasteiger partial charge is 0.326 e.